The zero-order chi connectivity index (χ0) is 10.4. The fourth-order valence-electron chi connectivity index (χ4n) is 0.748. The minimum atomic E-state index is -0.544. The lowest BCUT2D eigenvalue weighted by Gasteiger charge is -1.94. The number of hydrogen-bond acceptors (Lipinski definition) is 3. The van der Waals surface area contributed by atoms with Gasteiger partial charge in [0.2, 0.25) is 0 Å². The standard InChI is InChI=1S/C9H9BrN2O2/c10-8-3-1-7(2-4-8)5-12-14-6-9(11)13/h1-5H,6H2,(H2,11,13)/b12-5+. The second-order valence-corrected chi connectivity index (χ2v) is 3.44. The quantitative estimate of drug-likeness (QED) is 0.652. The van der Waals surface area contributed by atoms with Gasteiger partial charge in [-0.1, -0.05) is 33.2 Å². The minimum Gasteiger partial charge on any atom is -0.386 e. The van der Waals surface area contributed by atoms with Crippen LogP contribution in [0.5, 0.6) is 0 Å². The summed E-state index contributed by atoms with van der Waals surface area (Å²) in [5, 5.41) is 3.57. The Bertz CT molecular complexity index is 335. The molecule has 2 N–H and O–H groups in total. The Hall–Kier alpha value is -1.36. The summed E-state index contributed by atoms with van der Waals surface area (Å²) >= 11 is 3.31. The Morgan fingerprint density at radius 3 is 2.71 bits per heavy atom. The van der Waals surface area contributed by atoms with Crippen LogP contribution in [0.25, 0.3) is 0 Å². The average molecular weight is 257 g/mol. The molecular formula is C9H9BrN2O2. The minimum absolute atomic E-state index is 0.201. The highest BCUT2D eigenvalue weighted by molar-refractivity contribution is 9.10. The van der Waals surface area contributed by atoms with Crippen LogP contribution in [0.4, 0.5) is 0 Å². The van der Waals surface area contributed by atoms with Gasteiger partial charge in [0.1, 0.15) is 0 Å². The Morgan fingerprint density at radius 1 is 1.50 bits per heavy atom. The number of nitrogens with zero attached hydrogens (tertiary/aromatic N) is 1. The fraction of sp³-hybridized carbons (Fsp3) is 0.111. The first-order valence-electron chi connectivity index (χ1n) is 3.87. The molecule has 0 unspecified atom stereocenters. The lowest BCUT2D eigenvalue weighted by molar-refractivity contribution is -0.122. The average Bonchev–Trinajstić information content (AvgIpc) is 2.15. The molecule has 0 aliphatic rings. The maximum absolute atomic E-state index is 10.3. The predicted octanol–water partition coefficient (Wildman–Crippen LogP) is 1.28. The summed E-state index contributed by atoms with van der Waals surface area (Å²) in [5.41, 5.74) is 5.73. The van der Waals surface area contributed by atoms with E-state index < -0.39 is 5.91 Å². The van der Waals surface area contributed by atoms with Crippen molar-refractivity contribution in [1.82, 2.24) is 0 Å². The maximum atomic E-state index is 10.3. The third-order valence-electron chi connectivity index (χ3n) is 1.35. The fourth-order valence-corrected chi connectivity index (χ4v) is 1.01. The lowest BCUT2D eigenvalue weighted by atomic mass is 10.2. The van der Waals surface area contributed by atoms with Gasteiger partial charge in [-0.25, -0.2) is 0 Å². The molecule has 74 valence electrons. The Kier molecular flexibility index (Phi) is 4.12. The molecular weight excluding hydrogens is 248 g/mol. The van der Waals surface area contributed by atoms with Gasteiger partial charge >= 0.3 is 0 Å². The van der Waals surface area contributed by atoms with Gasteiger partial charge in [-0.3, -0.25) is 4.79 Å². The summed E-state index contributed by atoms with van der Waals surface area (Å²) in [7, 11) is 0. The molecule has 1 amide bonds. The van der Waals surface area contributed by atoms with Gasteiger partial charge in [-0.15, -0.1) is 0 Å². The van der Waals surface area contributed by atoms with Gasteiger partial charge in [0.05, 0.1) is 6.21 Å². The molecule has 1 aromatic rings. The molecule has 0 aliphatic heterocycles. The number of carbonyl (C=O) groups is 1. The molecule has 0 bridgehead atoms. The molecule has 0 atom stereocenters. The van der Waals surface area contributed by atoms with Crippen molar-refractivity contribution in [3.8, 4) is 0 Å². The number of amides is 1. The Labute approximate surface area is 89.9 Å². The van der Waals surface area contributed by atoms with Crippen LogP contribution in [-0.2, 0) is 9.63 Å². The van der Waals surface area contributed by atoms with Gasteiger partial charge in [0.25, 0.3) is 5.91 Å². The number of carbonyl (C=O) groups excluding carboxylic acids is 1. The topological polar surface area (TPSA) is 64.7 Å². The first-order valence-corrected chi connectivity index (χ1v) is 4.67. The summed E-state index contributed by atoms with van der Waals surface area (Å²) in [6.07, 6.45) is 1.51. The smallest absolute Gasteiger partial charge is 0.258 e. The number of halogens is 1. The number of primary amides is 1. The molecule has 0 saturated heterocycles. The zero-order valence-corrected chi connectivity index (χ0v) is 8.90. The van der Waals surface area contributed by atoms with E-state index >= 15 is 0 Å². The van der Waals surface area contributed by atoms with E-state index in [0.717, 1.165) is 10.0 Å². The van der Waals surface area contributed by atoms with Crippen LogP contribution in [-0.4, -0.2) is 18.7 Å². The van der Waals surface area contributed by atoms with Crippen LogP contribution >= 0.6 is 15.9 Å². The van der Waals surface area contributed by atoms with Gasteiger partial charge in [-0.2, -0.15) is 0 Å². The number of oxime groups is 1. The molecule has 0 saturated carbocycles. The highest BCUT2D eigenvalue weighted by Crippen LogP contribution is 2.08. The molecule has 4 nitrogen and oxygen atoms in total. The van der Waals surface area contributed by atoms with E-state index in [9.17, 15) is 4.79 Å². The third kappa shape index (κ3) is 4.04. The van der Waals surface area contributed by atoms with Crippen molar-refractivity contribution in [3.63, 3.8) is 0 Å². The van der Waals surface area contributed by atoms with E-state index in [1.165, 1.54) is 6.21 Å². The highest BCUT2D eigenvalue weighted by Gasteiger charge is 1.91. The van der Waals surface area contributed by atoms with Gasteiger partial charge in [-0.05, 0) is 17.7 Å². The number of nitrogens with two attached hydrogens (primary N) is 1. The molecule has 14 heavy (non-hydrogen) atoms. The molecule has 1 aromatic carbocycles. The monoisotopic (exact) mass is 256 g/mol. The first-order chi connectivity index (χ1) is 6.68. The summed E-state index contributed by atoms with van der Waals surface area (Å²) in [4.78, 5) is 14.9. The van der Waals surface area contributed by atoms with Gasteiger partial charge in [0.15, 0.2) is 6.61 Å². The predicted molar refractivity (Wildman–Crippen MR) is 56.9 cm³/mol. The van der Waals surface area contributed by atoms with Crippen LogP contribution < -0.4 is 5.73 Å². The molecule has 0 aliphatic carbocycles. The molecule has 1 rings (SSSR count). The van der Waals surface area contributed by atoms with E-state index in [1.54, 1.807) is 0 Å². The van der Waals surface area contributed by atoms with E-state index in [1.807, 2.05) is 24.3 Å². The Balaban J connectivity index is 2.44. The first kappa shape index (κ1) is 10.7. The molecule has 5 heteroatoms. The second kappa shape index (κ2) is 5.39. The van der Waals surface area contributed by atoms with Crippen LogP contribution in [0.15, 0.2) is 33.9 Å². The van der Waals surface area contributed by atoms with Gasteiger partial charge < -0.3 is 10.6 Å². The summed E-state index contributed by atoms with van der Waals surface area (Å²) < 4.78 is 0.993. The number of rotatable bonds is 4. The van der Waals surface area contributed by atoms with Crippen molar-refractivity contribution >= 4 is 28.1 Å². The normalized spacial score (nSPS) is 10.4. The van der Waals surface area contributed by atoms with Crippen molar-refractivity contribution in [2.45, 2.75) is 0 Å². The van der Waals surface area contributed by atoms with Crippen LogP contribution in [0.3, 0.4) is 0 Å². The SMILES string of the molecule is NC(=O)CO/N=C/c1ccc(Br)cc1. The second-order valence-electron chi connectivity index (χ2n) is 2.53. The summed E-state index contributed by atoms with van der Waals surface area (Å²) in [5.74, 6) is -0.544. The van der Waals surface area contributed by atoms with Crippen LogP contribution in [0.1, 0.15) is 5.56 Å². The third-order valence-corrected chi connectivity index (χ3v) is 1.88. The Morgan fingerprint density at radius 2 is 2.14 bits per heavy atom. The molecule has 0 heterocycles. The maximum Gasteiger partial charge on any atom is 0.258 e. The van der Waals surface area contributed by atoms with Crippen molar-refractivity contribution in [2.24, 2.45) is 10.9 Å². The van der Waals surface area contributed by atoms with Crippen molar-refractivity contribution in [1.29, 1.82) is 0 Å². The van der Waals surface area contributed by atoms with E-state index in [4.69, 9.17) is 5.73 Å². The van der Waals surface area contributed by atoms with Gasteiger partial charge in [0, 0.05) is 4.47 Å². The number of benzene rings is 1. The van der Waals surface area contributed by atoms with Crippen molar-refractivity contribution in [3.05, 3.63) is 34.3 Å². The zero-order valence-electron chi connectivity index (χ0n) is 7.31. The summed E-state index contributed by atoms with van der Waals surface area (Å²) in [6.45, 7) is -0.201. The molecule has 0 spiro atoms. The van der Waals surface area contributed by atoms with E-state index in [2.05, 4.69) is 25.9 Å². The van der Waals surface area contributed by atoms with E-state index in [0.29, 0.717) is 0 Å². The highest BCUT2D eigenvalue weighted by atomic mass is 79.9. The molecule has 0 fully saturated rings. The van der Waals surface area contributed by atoms with Crippen molar-refractivity contribution < 1.29 is 9.63 Å². The number of hydrogen-bond donors (Lipinski definition) is 1. The molecule has 0 radical (unpaired) electrons. The van der Waals surface area contributed by atoms with Crippen LogP contribution in [0.2, 0.25) is 0 Å². The van der Waals surface area contributed by atoms with E-state index in [-0.39, 0.29) is 6.61 Å². The summed E-state index contributed by atoms with van der Waals surface area (Å²) in [6, 6.07) is 7.49. The largest absolute Gasteiger partial charge is 0.386 e. The lowest BCUT2D eigenvalue weighted by Crippen LogP contribution is -2.16. The van der Waals surface area contributed by atoms with Crippen LogP contribution in [0, 0.1) is 0 Å². The molecule has 0 aromatic heterocycles. The van der Waals surface area contributed by atoms with Crippen molar-refractivity contribution in [2.75, 3.05) is 6.61 Å².